The molecule has 17 heavy (non-hydrogen) atoms. The van der Waals surface area contributed by atoms with Crippen LogP contribution in [0, 0.1) is 0 Å². The molecule has 0 aliphatic carbocycles. The molecule has 0 amide bonds. The molecular formula is C10H10BrIO4S. The lowest BCUT2D eigenvalue weighted by Crippen LogP contribution is -2.33. The van der Waals surface area contributed by atoms with Crippen LogP contribution in [0.2, 0.25) is 0 Å². The number of alkyl halides is 2. The van der Waals surface area contributed by atoms with Gasteiger partial charge in [0, 0.05) is 11.8 Å². The molecule has 1 aromatic carbocycles. The van der Waals surface area contributed by atoms with Crippen molar-refractivity contribution in [2.24, 2.45) is 0 Å². The molecule has 0 N–H and O–H groups in total. The van der Waals surface area contributed by atoms with Crippen molar-refractivity contribution in [3.05, 3.63) is 29.8 Å². The zero-order valence-electron chi connectivity index (χ0n) is 9.11. The summed E-state index contributed by atoms with van der Waals surface area (Å²) in [5.41, 5.74) is 0.308. The maximum absolute atomic E-state index is 12.0. The third kappa shape index (κ3) is 3.19. The Hall–Kier alpha value is -0.150. The SMILES string of the molecule is COc1ccc(C(=O)[C@@](Br)(I)S(C)(=O)=O)cc1. The lowest BCUT2D eigenvalue weighted by atomic mass is 10.1. The van der Waals surface area contributed by atoms with Gasteiger partial charge in [-0.15, -0.1) is 0 Å². The minimum absolute atomic E-state index is 0.308. The van der Waals surface area contributed by atoms with E-state index in [2.05, 4.69) is 15.9 Å². The van der Waals surface area contributed by atoms with E-state index in [0.29, 0.717) is 11.3 Å². The summed E-state index contributed by atoms with van der Waals surface area (Å²) < 4.78 is 26.3. The van der Waals surface area contributed by atoms with Gasteiger partial charge in [-0.2, -0.15) is 0 Å². The molecule has 0 saturated heterocycles. The molecule has 0 aromatic heterocycles. The lowest BCUT2D eigenvalue weighted by Gasteiger charge is -2.16. The predicted molar refractivity (Wildman–Crippen MR) is 77.8 cm³/mol. The van der Waals surface area contributed by atoms with Crippen LogP contribution in [-0.2, 0) is 9.84 Å². The summed E-state index contributed by atoms with van der Waals surface area (Å²) in [7, 11) is -2.03. The summed E-state index contributed by atoms with van der Waals surface area (Å²) in [5, 5.41) is 0. The number of carbonyl (C=O) groups excluding carboxylic acids is 1. The smallest absolute Gasteiger partial charge is 0.238 e. The molecule has 0 spiro atoms. The van der Waals surface area contributed by atoms with Gasteiger partial charge in [0.1, 0.15) is 5.75 Å². The van der Waals surface area contributed by atoms with Crippen LogP contribution in [0.25, 0.3) is 0 Å². The average molecular weight is 433 g/mol. The quantitative estimate of drug-likeness (QED) is 0.416. The third-order valence-corrected chi connectivity index (χ3v) is 8.21. The molecule has 0 aliphatic heterocycles. The number of ether oxygens (including phenoxy) is 1. The van der Waals surface area contributed by atoms with Crippen molar-refractivity contribution >= 4 is 54.1 Å². The van der Waals surface area contributed by atoms with Crippen LogP contribution in [0.3, 0.4) is 0 Å². The van der Waals surface area contributed by atoms with Crippen molar-refractivity contribution in [3.63, 3.8) is 0 Å². The fraction of sp³-hybridized carbons (Fsp3) is 0.300. The summed E-state index contributed by atoms with van der Waals surface area (Å²) in [6.45, 7) is 0. The molecule has 7 heteroatoms. The number of sulfone groups is 1. The molecule has 1 atom stereocenters. The van der Waals surface area contributed by atoms with Crippen LogP contribution in [0.4, 0.5) is 0 Å². The number of Topliss-reactive ketones (excluding diaryl/α,β-unsaturated/α-hetero) is 1. The first-order valence-electron chi connectivity index (χ1n) is 4.46. The zero-order chi connectivity index (χ0) is 13.3. The highest BCUT2D eigenvalue weighted by atomic mass is 127. The van der Waals surface area contributed by atoms with E-state index in [0.717, 1.165) is 6.26 Å². The Morgan fingerprint density at radius 3 is 2.18 bits per heavy atom. The van der Waals surface area contributed by atoms with E-state index in [4.69, 9.17) is 4.74 Å². The van der Waals surface area contributed by atoms with Gasteiger partial charge in [0.2, 0.25) is 7.45 Å². The molecular weight excluding hydrogens is 423 g/mol. The first kappa shape index (κ1) is 14.9. The van der Waals surface area contributed by atoms with Gasteiger partial charge in [-0.1, -0.05) is 0 Å². The molecule has 0 unspecified atom stereocenters. The first-order chi connectivity index (χ1) is 7.70. The van der Waals surface area contributed by atoms with Crippen LogP contribution >= 0.6 is 38.5 Å². The Kier molecular flexibility index (Phi) is 4.59. The number of rotatable bonds is 4. The van der Waals surface area contributed by atoms with Gasteiger partial charge in [-0.05, 0) is 62.8 Å². The third-order valence-electron chi connectivity index (χ3n) is 2.08. The highest BCUT2D eigenvalue weighted by molar-refractivity contribution is 14.1. The number of methoxy groups -OCH3 is 1. The van der Waals surface area contributed by atoms with E-state index in [-0.39, 0.29) is 0 Å². The number of halogens is 2. The maximum Gasteiger partial charge on any atom is 0.238 e. The van der Waals surface area contributed by atoms with Crippen LogP contribution in [0.1, 0.15) is 10.4 Å². The maximum atomic E-state index is 12.0. The van der Waals surface area contributed by atoms with Gasteiger partial charge in [0.25, 0.3) is 0 Å². The second kappa shape index (κ2) is 5.23. The summed E-state index contributed by atoms with van der Waals surface area (Å²) in [6.07, 6.45) is 1.01. The van der Waals surface area contributed by atoms with Gasteiger partial charge in [0.15, 0.2) is 9.84 Å². The molecule has 0 aliphatic rings. The number of ketones is 1. The normalized spacial score (nSPS) is 15.1. The van der Waals surface area contributed by atoms with Gasteiger partial charge < -0.3 is 4.74 Å². The van der Waals surface area contributed by atoms with E-state index in [9.17, 15) is 13.2 Å². The Balaban J connectivity index is 3.13. The van der Waals surface area contributed by atoms with Crippen molar-refractivity contribution in [1.82, 2.24) is 0 Å². The summed E-state index contributed by atoms with van der Waals surface area (Å²) in [6, 6.07) is 6.27. The highest BCUT2D eigenvalue weighted by Gasteiger charge is 2.43. The summed E-state index contributed by atoms with van der Waals surface area (Å²) in [4.78, 5) is 12.0. The van der Waals surface area contributed by atoms with E-state index in [1.807, 2.05) is 0 Å². The van der Waals surface area contributed by atoms with Gasteiger partial charge in [-0.3, -0.25) is 4.79 Å². The molecule has 0 saturated carbocycles. The largest absolute Gasteiger partial charge is 0.497 e. The minimum Gasteiger partial charge on any atom is -0.497 e. The molecule has 0 radical (unpaired) electrons. The number of hydrogen-bond acceptors (Lipinski definition) is 4. The van der Waals surface area contributed by atoms with Gasteiger partial charge >= 0.3 is 0 Å². The van der Waals surface area contributed by atoms with E-state index in [1.165, 1.54) is 19.2 Å². The molecule has 0 fully saturated rings. The van der Waals surface area contributed by atoms with E-state index >= 15 is 0 Å². The van der Waals surface area contributed by atoms with Crippen LogP contribution in [0.5, 0.6) is 5.75 Å². The predicted octanol–water partition coefficient (Wildman–Crippen LogP) is 2.41. The Bertz CT molecular complexity index is 522. The fourth-order valence-electron chi connectivity index (χ4n) is 1.08. The van der Waals surface area contributed by atoms with Crippen molar-refractivity contribution in [1.29, 1.82) is 0 Å². The molecule has 1 aromatic rings. The minimum atomic E-state index is -3.54. The van der Waals surface area contributed by atoms with Crippen molar-refractivity contribution in [3.8, 4) is 5.75 Å². The van der Waals surface area contributed by atoms with E-state index in [1.54, 1.807) is 34.7 Å². The van der Waals surface area contributed by atoms with Crippen LogP contribution < -0.4 is 4.74 Å². The molecule has 0 bridgehead atoms. The molecule has 94 valence electrons. The molecule has 0 heterocycles. The standard InChI is InChI=1S/C10H10BrIO4S/c1-16-8-5-3-7(4-6-8)9(13)10(11,12)17(2,14)15/h3-6H,1-2H3/t10-/m1/s1. The zero-order valence-corrected chi connectivity index (χ0v) is 13.7. The number of carbonyl (C=O) groups is 1. The number of hydrogen-bond donors (Lipinski definition) is 0. The highest BCUT2D eigenvalue weighted by Crippen LogP contribution is 2.36. The molecule has 1 rings (SSSR count). The van der Waals surface area contributed by atoms with Crippen molar-refractivity contribution in [2.75, 3.05) is 13.4 Å². The molecule has 4 nitrogen and oxygen atoms in total. The van der Waals surface area contributed by atoms with E-state index < -0.39 is 17.3 Å². The van der Waals surface area contributed by atoms with Crippen LogP contribution in [-0.4, -0.2) is 29.2 Å². The van der Waals surface area contributed by atoms with Crippen molar-refractivity contribution in [2.45, 2.75) is 1.66 Å². The summed E-state index contributed by atoms with van der Waals surface area (Å²) >= 11 is 4.54. The van der Waals surface area contributed by atoms with Gasteiger partial charge in [-0.25, -0.2) is 8.42 Å². The monoisotopic (exact) mass is 432 g/mol. The Morgan fingerprint density at radius 1 is 1.35 bits per heavy atom. The summed E-state index contributed by atoms with van der Waals surface area (Å²) in [5.74, 6) is 0.0952. The Labute approximate surface area is 122 Å². The first-order valence-corrected chi connectivity index (χ1v) is 8.22. The second-order valence-electron chi connectivity index (χ2n) is 3.35. The van der Waals surface area contributed by atoms with Crippen molar-refractivity contribution < 1.29 is 17.9 Å². The van der Waals surface area contributed by atoms with Gasteiger partial charge in [0.05, 0.1) is 7.11 Å². The fourth-order valence-corrected chi connectivity index (χ4v) is 2.07. The van der Waals surface area contributed by atoms with Crippen LogP contribution in [0.15, 0.2) is 24.3 Å². The number of benzene rings is 1. The average Bonchev–Trinajstić information content (AvgIpc) is 2.26. The second-order valence-corrected chi connectivity index (χ2v) is 11.1. The lowest BCUT2D eigenvalue weighted by molar-refractivity contribution is 0.101. The topological polar surface area (TPSA) is 60.4 Å². The Morgan fingerprint density at radius 2 is 1.82 bits per heavy atom.